The highest BCUT2D eigenvalue weighted by molar-refractivity contribution is 6.36. The van der Waals surface area contributed by atoms with Gasteiger partial charge in [0.2, 0.25) is 17.7 Å². The number of nitrogens with one attached hydrogen (secondary N) is 1. The Kier molecular flexibility index (Phi) is 3.66. The van der Waals surface area contributed by atoms with E-state index < -0.39 is 5.91 Å². The number of likely N-dealkylation sites (tertiary alicyclic amines) is 1. The normalized spacial score (nSPS) is 30.2. The number of imide groups is 1. The zero-order chi connectivity index (χ0) is 17.0. The van der Waals surface area contributed by atoms with Crippen LogP contribution in [0.25, 0.3) is 0 Å². The maximum Gasteiger partial charge on any atom is 0.244 e. The van der Waals surface area contributed by atoms with Crippen molar-refractivity contribution < 1.29 is 14.4 Å². The Morgan fingerprint density at radius 1 is 1.12 bits per heavy atom. The van der Waals surface area contributed by atoms with Crippen LogP contribution in [0.1, 0.15) is 6.42 Å². The molecule has 1 aromatic carbocycles. The maximum atomic E-state index is 12.5. The highest BCUT2D eigenvalue weighted by Crippen LogP contribution is 2.52. The molecule has 0 spiro atoms. The first-order chi connectivity index (χ1) is 11.5. The number of amides is 3. The number of carbonyl (C=O) groups excluding carboxylic acids is 3. The summed E-state index contributed by atoms with van der Waals surface area (Å²) in [5.74, 6) is -1.25. The zero-order valence-corrected chi connectivity index (χ0v) is 14.1. The summed E-state index contributed by atoms with van der Waals surface area (Å²) in [7, 11) is 0. The molecule has 2 fully saturated rings. The molecule has 1 heterocycles. The fourth-order valence-corrected chi connectivity index (χ4v) is 4.50. The van der Waals surface area contributed by atoms with E-state index in [0.717, 1.165) is 11.3 Å². The molecule has 2 aliphatic carbocycles. The van der Waals surface area contributed by atoms with E-state index in [1.165, 1.54) is 6.07 Å². The molecule has 0 radical (unpaired) electrons. The monoisotopic (exact) mass is 364 g/mol. The third-order valence-electron chi connectivity index (χ3n) is 5.07. The topological polar surface area (TPSA) is 66.5 Å². The number of rotatable bonds is 3. The van der Waals surface area contributed by atoms with Crippen molar-refractivity contribution in [2.45, 2.75) is 6.42 Å². The molecule has 1 N–H and O–H groups in total. The molecule has 0 unspecified atom stereocenters. The minimum absolute atomic E-state index is 0.134. The predicted molar refractivity (Wildman–Crippen MR) is 89.5 cm³/mol. The van der Waals surface area contributed by atoms with Gasteiger partial charge in [0.05, 0.1) is 22.5 Å². The van der Waals surface area contributed by atoms with Gasteiger partial charge in [-0.2, -0.15) is 0 Å². The molecule has 124 valence electrons. The summed E-state index contributed by atoms with van der Waals surface area (Å²) in [5, 5.41) is 3.38. The third-order valence-corrected chi connectivity index (χ3v) is 5.62. The molecule has 4 atom stereocenters. The zero-order valence-electron chi connectivity index (χ0n) is 12.5. The van der Waals surface area contributed by atoms with E-state index in [2.05, 4.69) is 5.32 Å². The predicted octanol–water partition coefficient (Wildman–Crippen LogP) is 2.74. The molecule has 5 nitrogen and oxygen atoms in total. The van der Waals surface area contributed by atoms with Gasteiger partial charge in [-0.1, -0.05) is 35.4 Å². The molecule has 3 aliphatic rings. The summed E-state index contributed by atoms with van der Waals surface area (Å²) < 4.78 is 0. The van der Waals surface area contributed by atoms with E-state index in [-0.39, 0.29) is 42.0 Å². The summed E-state index contributed by atoms with van der Waals surface area (Å²) in [4.78, 5) is 38.4. The van der Waals surface area contributed by atoms with E-state index in [9.17, 15) is 14.4 Å². The standard InChI is InChI=1S/C17H14Cl2N2O3/c18-10-3-4-12(11(19)6-10)20-13(22)7-21-16(23)14-8-1-2-9(5-8)15(14)17(21)24/h1-4,6,8-9,14-15H,5,7H2,(H,20,22)/t8-,9-,14+,15+/m0/s1. The molecule has 1 aliphatic heterocycles. The van der Waals surface area contributed by atoms with Gasteiger partial charge in [0, 0.05) is 5.02 Å². The van der Waals surface area contributed by atoms with Crippen molar-refractivity contribution >= 4 is 46.6 Å². The average molecular weight is 365 g/mol. The number of hydrogen-bond donors (Lipinski definition) is 1. The first kappa shape index (κ1) is 15.7. The second-order valence-corrected chi connectivity index (χ2v) is 7.28. The largest absolute Gasteiger partial charge is 0.323 e. The Hall–Kier alpha value is -1.85. The Labute approximate surface area is 148 Å². The minimum atomic E-state index is -0.457. The van der Waals surface area contributed by atoms with Crippen molar-refractivity contribution in [2.75, 3.05) is 11.9 Å². The van der Waals surface area contributed by atoms with E-state index in [1.807, 2.05) is 12.2 Å². The van der Waals surface area contributed by atoms with Gasteiger partial charge in [0.25, 0.3) is 0 Å². The van der Waals surface area contributed by atoms with Crippen LogP contribution in [0.15, 0.2) is 30.4 Å². The van der Waals surface area contributed by atoms with Gasteiger partial charge in [-0.3, -0.25) is 19.3 Å². The molecule has 2 bridgehead atoms. The SMILES string of the molecule is O=C(CN1C(=O)[C@H]2[C@H](C1=O)[C@H]1C=C[C@H]2C1)Nc1ccc(Cl)cc1Cl. The van der Waals surface area contributed by atoms with Gasteiger partial charge in [-0.15, -0.1) is 0 Å². The van der Waals surface area contributed by atoms with E-state index in [0.29, 0.717) is 15.7 Å². The molecule has 1 saturated carbocycles. The van der Waals surface area contributed by atoms with Gasteiger partial charge in [0.1, 0.15) is 6.54 Å². The quantitative estimate of drug-likeness (QED) is 0.662. The second-order valence-electron chi connectivity index (χ2n) is 6.43. The highest BCUT2D eigenvalue weighted by atomic mass is 35.5. The Morgan fingerprint density at radius 2 is 1.75 bits per heavy atom. The van der Waals surface area contributed by atoms with Crippen LogP contribution in [0.5, 0.6) is 0 Å². The lowest BCUT2D eigenvalue weighted by atomic mass is 9.85. The number of allylic oxidation sites excluding steroid dienone is 2. The van der Waals surface area contributed by atoms with E-state index in [4.69, 9.17) is 23.2 Å². The second kappa shape index (κ2) is 5.60. The third kappa shape index (κ3) is 2.34. The number of benzene rings is 1. The minimum Gasteiger partial charge on any atom is -0.323 e. The smallest absolute Gasteiger partial charge is 0.244 e. The highest BCUT2D eigenvalue weighted by Gasteiger charge is 2.59. The van der Waals surface area contributed by atoms with E-state index in [1.54, 1.807) is 12.1 Å². The summed E-state index contributed by atoms with van der Waals surface area (Å²) in [6, 6.07) is 4.69. The number of halogens is 2. The Bertz CT molecular complexity index is 762. The number of nitrogens with zero attached hydrogens (tertiary/aromatic N) is 1. The van der Waals surface area contributed by atoms with Crippen LogP contribution in [0.4, 0.5) is 5.69 Å². The van der Waals surface area contributed by atoms with Gasteiger partial charge >= 0.3 is 0 Å². The Balaban J connectivity index is 1.47. The molecule has 1 aromatic rings. The molecular formula is C17H14Cl2N2O3. The average Bonchev–Trinajstić information content (AvgIpc) is 3.20. The van der Waals surface area contributed by atoms with Gasteiger partial charge < -0.3 is 5.32 Å². The molecule has 0 aromatic heterocycles. The van der Waals surface area contributed by atoms with E-state index >= 15 is 0 Å². The molecule has 3 amide bonds. The lowest BCUT2D eigenvalue weighted by molar-refractivity contribution is -0.143. The number of hydrogen-bond acceptors (Lipinski definition) is 3. The van der Waals surface area contributed by atoms with Crippen molar-refractivity contribution in [1.82, 2.24) is 4.90 Å². The fourth-order valence-electron chi connectivity index (χ4n) is 4.04. The van der Waals surface area contributed by atoms with Crippen LogP contribution in [0.2, 0.25) is 10.0 Å². The first-order valence-corrected chi connectivity index (χ1v) is 8.50. The van der Waals surface area contributed by atoms with Crippen LogP contribution in [0.3, 0.4) is 0 Å². The van der Waals surface area contributed by atoms with Gasteiger partial charge in [-0.05, 0) is 36.5 Å². The van der Waals surface area contributed by atoms with Crippen molar-refractivity contribution in [2.24, 2.45) is 23.7 Å². The molecule has 24 heavy (non-hydrogen) atoms. The summed E-state index contributed by atoms with van der Waals surface area (Å²) in [6.07, 6.45) is 4.91. The molecule has 7 heteroatoms. The van der Waals surface area contributed by atoms with Crippen LogP contribution < -0.4 is 5.32 Å². The van der Waals surface area contributed by atoms with Crippen LogP contribution >= 0.6 is 23.2 Å². The van der Waals surface area contributed by atoms with Gasteiger partial charge in [0.15, 0.2) is 0 Å². The maximum absolute atomic E-state index is 12.5. The summed E-state index contributed by atoms with van der Waals surface area (Å²) >= 11 is 11.8. The lowest BCUT2D eigenvalue weighted by Crippen LogP contribution is -2.39. The van der Waals surface area contributed by atoms with Crippen molar-refractivity contribution in [3.05, 3.63) is 40.4 Å². The molecular weight excluding hydrogens is 351 g/mol. The van der Waals surface area contributed by atoms with Crippen LogP contribution in [-0.2, 0) is 14.4 Å². The number of fused-ring (bicyclic) bond motifs is 5. The van der Waals surface area contributed by atoms with Crippen molar-refractivity contribution in [1.29, 1.82) is 0 Å². The lowest BCUT2D eigenvalue weighted by Gasteiger charge is -2.17. The van der Waals surface area contributed by atoms with Crippen LogP contribution in [0, 0.1) is 23.7 Å². The van der Waals surface area contributed by atoms with Crippen molar-refractivity contribution in [3.8, 4) is 0 Å². The molecule has 1 saturated heterocycles. The summed E-state index contributed by atoms with van der Waals surface area (Å²) in [6.45, 7) is -0.289. The fraction of sp³-hybridized carbons (Fsp3) is 0.353. The Morgan fingerprint density at radius 3 is 2.33 bits per heavy atom. The van der Waals surface area contributed by atoms with Crippen LogP contribution in [-0.4, -0.2) is 29.2 Å². The molecule has 4 rings (SSSR count). The summed E-state index contributed by atoms with van der Waals surface area (Å²) in [5.41, 5.74) is 0.395. The van der Waals surface area contributed by atoms with Gasteiger partial charge in [-0.25, -0.2) is 0 Å². The first-order valence-electron chi connectivity index (χ1n) is 7.74. The number of carbonyl (C=O) groups is 3. The number of anilines is 1. The van der Waals surface area contributed by atoms with Crippen molar-refractivity contribution in [3.63, 3.8) is 0 Å².